The van der Waals surface area contributed by atoms with E-state index in [1.165, 1.54) is 0 Å². The van der Waals surface area contributed by atoms with Crippen molar-refractivity contribution >= 4 is 21.9 Å². The molecule has 0 aliphatic rings. The van der Waals surface area contributed by atoms with Crippen LogP contribution in [0.5, 0.6) is 0 Å². The maximum Gasteiger partial charge on any atom is 0.138 e. The lowest BCUT2D eigenvalue weighted by Crippen LogP contribution is -1.88. The lowest BCUT2D eigenvalue weighted by molar-refractivity contribution is 0.771. The van der Waals surface area contributed by atoms with Gasteiger partial charge in [0.05, 0.1) is 23.1 Å². The Bertz CT molecular complexity index is 1200. The molecule has 0 bridgehead atoms. The predicted octanol–water partition coefficient (Wildman–Crippen LogP) is 3.57. The maximum atomic E-state index is 4.56. The number of nitrogens with one attached hydrogen (secondary N) is 1. The normalized spacial score (nSPS) is 11.4. The average molecular weight is 326 g/mol. The first-order valence-corrected chi connectivity index (χ1v) is 7.96. The molecule has 0 amide bonds. The third kappa shape index (κ3) is 2.27. The Kier molecular flexibility index (Phi) is 2.90. The number of hydrogen-bond donors (Lipinski definition) is 1. The summed E-state index contributed by atoms with van der Waals surface area (Å²) in [6, 6.07) is 10.1. The Morgan fingerprint density at radius 2 is 1.88 bits per heavy atom. The Morgan fingerprint density at radius 3 is 2.68 bits per heavy atom. The summed E-state index contributed by atoms with van der Waals surface area (Å²) in [4.78, 5) is 16.6. The molecule has 5 aromatic heterocycles. The summed E-state index contributed by atoms with van der Waals surface area (Å²) in [5, 5.41) is 6.62. The van der Waals surface area contributed by atoms with Gasteiger partial charge >= 0.3 is 0 Å². The van der Waals surface area contributed by atoms with Crippen LogP contribution in [0.15, 0.2) is 61.3 Å². The van der Waals surface area contributed by atoms with E-state index in [2.05, 4.69) is 37.2 Å². The summed E-state index contributed by atoms with van der Waals surface area (Å²) >= 11 is 0. The molecule has 5 heterocycles. The van der Waals surface area contributed by atoms with Crippen LogP contribution in [-0.4, -0.2) is 29.7 Å². The van der Waals surface area contributed by atoms with E-state index in [1.807, 2.05) is 50.0 Å². The Labute approximate surface area is 143 Å². The summed E-state index contributed by atoms with van der Waals surface area (Å²) in [6.45, 7) is 0. The van der Waals surface area contributed by atoms with Crippen molar-refractivity contribution in [3.8, 4) is 22.5 Å². The van der Waals surface area contributed by atoms with E-state index >= 15 is 0 Å². The fourth-order valence-corrected chi connectivity index (χ4v) is 3.06. The fourth-order valence-electron chi connectivity index (χ4n) is 3.06. The van der Waals surface area contributed by atoms with Gasteiger partial charge in [-0.05, 0) is 30.3 Å². The Morgan fingerprint density at radius 1 is 0.920 bits per heavy atom. The first kappa shape index (κ1) is 13.9. The highest BCUT2D eigenvalue weighted by Crippen LogP contribution is 2.30. The summed E-state index contributed by atoms with van der Waals surface area (Å²) in [5.74, 6) is 0. The van der Waals surface area contributed by atoms with Crippen molar-refractivity contribution in [3.63, 3.8) is 0 Å². The van der Waals surface area contributed by atoms with Crippen molar-refractivity contribution in [3.05, 3.63) is 61.3 Å². The Balaban J connectivity index is 1.73. The van der Waals surface area contributed by atoms with Crippen LogP contribution in [0.1, 0.15) is 0 Å². The van der Waals surface area contributed by atoms with Crippen molar-refractivity contribution in [1.82, 2.24) is 29.7 Å². The first-order valence-electron chi connectivity index (χ1n) is 7.96. The molecule has 0 radical (unpaired) electrons. The molecule has 5 rings (SSSR count). The first-order chi connectivity index (χ1) is 12.3. The van der Waals surface area contributed by atoms with Gasteiger partial charge in [-0.15, -0.1) is 0 Å². The van der Waals surface area contributed by atoms with Crippen LogP contribution in [0.25, 0.3) is 44.5 Å². The second-order valence-electron chi connectivity index (χ2n) is 5.98. The van der Waals surface area contributed by atoms with Crippen LogP contribution in [-0.2, 0) is 7.05 Å². The molecule has 0 fully saturated rings. The quantitative estimate of drug-likeness (QED) is 0.538. The molecule has 6 nitrogen and oxygen atoms in total. The number of pyridine rings is 3. The van der Waals surface area contributed by atoms with Crippen LogP contribution in [0.3, 0.4) is 0 Å². The van der Waals surface area contributed by atoms with E-state index in [-0.39, 0.29) is 0 Å². The summed E-state index contributed by atoms with van der Waals surface area (Å²) in [6.07, 6.45) is 9.20. The maximum absolute atomic E-state index is 4.56. The van der Waals surface area contributed by atoms with Gasteiger partial charge in [-0.2, -0.15) is 5.10 Å². The highest BCUT2D eigenvalue weighted by molar-refractivity contribution is 6.07. The smallest absolute Gasteiger partial charge is 0.138 e. The number of nitrogens with zero attached hydrogens (tertiary/aromatic N) is 5. The molecule has 0 unspecified atom stereocenters. The van der Waals surface area contributed by atoms with Gasteiger partial charge in [0, 0.05) is 53.7 Å². The monoisotopic (exact) mass is 326 g/mol. The molecule has 0 aliphatic carbocycles. The molecule has 0 atom stereocenters. The lowest BCUT2D eigenvalue weighted by Gasteiger charge is -2.00. The SMILES string of the molecule is Cn1ccc(-c2cnc3[nH]c4cnc(-c5cccnc5)cc4c3c2)n1. The number of aryl methyl sites for hydroxylation is 1. The van der Waals surface area contributed by atoms with E-state index < -0.39 is 0 Å². The topological polar surface area (TPSA) is 72.3 Å². The number of rotatable bonds is 2. The van der Waals surface area contributed by atoms with Gasteiger partial charge in [-0.3, -0.25) is 14.6 Å². The zero-order valence-electron chi connectivity index (χ0n) is 13.5. The van der Waals surface area contributed by atoms with Crippen LogP contribution in [0, 0.1) is 0 Å². The van der Waals surface area contributed by atoms with Crippen molar-refractivity contribution in [1.29, 1.82) is 0 Å². The fraction of sp³-hybridized carbons (Fsp3) is 0.0526. The molecule has 120 valence electrons. The third-order valence-electron chi connectivity index (χ3n) is 4.30. The van der Waals surface area contributed by atoms with E-state index in [4.69, 9.17) is 0 Å². The molecule has 25 heavy (non-hydrogen) atoms. The molecular formula is C19H14N6. The van der Waals surface area contributed by atoms with E-state index in [0.717, 1.165) is 44.5 Å². The summed E-state index contributed by atoms with van der Waals surface area (Å²) in [7, 11) is 1.91. The zero-order chi connectivity index (χ0) is 16.8. The van der Waals surface area contributed by atoms with Gasteiger partial charge in [-0.25, -0.2) is 4.98 Å². The van der Waals surface area contributed by atoms with Gasteiger partial charge < -0.3 is 4.98 Å². The number of hydrogen-bond acceptors (Lipinski definition) is 4. The summed E-state index contributed by atoms with van der Waals surface area (Å²) in [5.41, 5.74) is 5.60. The molecule has 0 spiro atoms. The predicted molar refractivity (Wildman–Crippen MR) is 96.8 cm³/mol. The van der Waals surface area contributed by atoms with Crippen molar-refractivity contribution in [2.24, 2.45) is 7.05 Å². The highest BCUT2D eigenvalue weighted by atomic mass is 15.2. The van der Waals surface area contributed by atoms with Crippen LogP contribution in [0.4, 0.5) is 0 Å². The number of aromatic amines is 1. The molecule has 6 heteroatoms. The average Bonchev–Trinajstić information content (AvgIpc) is 3.25. The lowest BCUT2D eigenvalue weighted by atomic mass is 10.1. The molecule has 1 N–H and O–H groups in total. The molecular weight excluding hydrogens is 312 g/mol. The molecule has 0 saturated heterocycles. The van der Waals surface area contributed by atoms with Gasteiger partial charge in [0.2, 0.25) is 0 Å². The van der Waals surface area contributed by atoms with Crippen molar-refractivity contribution in [2.75, 3.05) is 0 Å². The van der Waals surface area contributed by atoms with Gasteiger partial charge in [0.1, 0.15) is 5.65 Å². The number of H-pyrrole nitrogens is 1. The van der Waals surface area contributed by atoms with E-state index in [0.29, 0.717) is 0 Å². The third-order valence-corrected chi connectivity index (χ3v) is 4.30. The largest absolute Gasteiger partial charge is 0.338 e. The van der Waals surface area contributed by atoms with Crippen LogP contribution >= 0.6 is 0 Å². The highest BCUT2D eigenvalue weighted by Gasteiger charge is 2.11. The molecule has 0 saturated carbocycles. The van der Waals surface area contributed by atoms with E-state index in [9.17, 15) is 0 Å². The minimum Gasteiger partial charge on any atom is -0.338 e. The molecule has 0 aliphatic heterocycles. The van der Waals surface area contributed by atoms with Crippen molar-refractivity contribution < 1.29 is 0 Å². The molecule has 5 aromatic rings. The second-order valence-corrected chi connectivity index (χ2v) is 5.98. The minimum atomic E-state index is 0.847. The van der Waals surface area contributed by atoms with E-state index in [1.54, 1.807) is 10.9 Å². The number of aromatic nitrogens is 6. The van der Waals surface area contributed by atoms with Gasteiger partial charge in [0.15, 0.2) is 0 Å². The minimum absolute atomic E-state index is 0.847. The zero-order valence-corrected chi connectivity index (χ0v) is 13.5. The number of fused-ring (bicyclic) bond motifs is 3. The van der Waals surface area contributed by atoms with Gasteiger partial charge in [-0.1, -0.05) is 0 Å². The standard InChI is InChI=1S/C19H14N6/c1-25-6-4-16(24-25)13-7-15-14-8-17(12-3-2-5-20-9-12)21-11-18(14)23-19(15)22-10-13/h2-11H,1H3,(H,22,23). The van der Waals surface area contributed by atoms with Crippen LogP contribution in [0.2, 0.25) is 0 Å². The second kappa shape index (κ2) is 5.24. The van der Waals surface area contributed by atoms with Gasteiger partial charge in [0.25, 0.3) is 0 Å². The Hall–Kier alpha value is -3.54. The summed E-state index contributed by atoms with van der Waals surface area (Å²) < 4.78 is 1.79. The van der Waals surface area contributed by atoms with Crippen LogP contribution < -0.4 is 0 Å². The van der Waals surface area contributed by atoms with Crippen molar-refractivity contribution in [2.45, 2.75) is 0 Å². The molecule has 0 aromatic carbocycles.